The van der Waals surface area contributed by atoms with E-state index in [1.807, 2.05) is 13.8 Å². The van der Waals surface area contributed by atoms with E-state index in [4.69, 9.17) is 0 Å². The molecule has 2 aromatic heterocycles. The Labute approximate surface area is 92.7 Å². The molecule has 2 heterocycles. The molecular formula is C8H12N6S. The summed E-state index contributed by atoms with van der Waals surface area (Å²) in [5.41, 5.74) is 0.819. The molecule has 0 radical (unpaired) electrons. The maximum Gasteiger partial charge on any atom is 0.209 e. The van der Waals surface area contributed by atoms with Gasteiger partial charge in [0, 0.05) is 6.54 Å². The molecule has 0 saturated heterocycles. The molecular weight excluding hydrogens is 212 g/mol. The Morgan fingerprint density at radius 1 is 1.33 bits per heavy atom. The Balaban J connectivity index is 2.40. The molecule has 7 heteroatoms. The third-order valence-corrected chi connectivity index (χ3v) is 2.56. The van der Waals surface area contributed by atoms with Crippen LogP contribution in [0, 0.1) is 0 Å². The van der Waals surface area contributed by atoms with Crippen LogP contribution in [-0.4, -0.2) is 30.0 Å². The van der Waals surface area contributed by atoms with Crippen LogP contribution in [-0.2, 0) is 13.1 Å². The number of hydrogen-bond acceptors (Lipinski definition) is 5. The van der Waals surface area contributed by atoms with Gasteiger partial charge in [0.05, 0.1) is 18.3 Å². The number of hydrogen-bond donors (Lipinski definition) is 1. The summed E-state index contributed by atoms with van der Waals surface area (Å²) in [7, 11) is 0. The predicted octanol–water partition coefficient (Wildman–Crippen LogP) is 0.865. The quantitative estimate of drug-likeness (QED) is 0.786. The lowest BCUT2D eigenvalue weighted by Crippen LogP contribution is -1.98. The fraction of sp³-hybridized carbons (Fsp3) is 0.500. The van der Waals surface area contributed by atoms with Crippen molar-refractivity contribution in [1.29, 1.82) is 0 Å². The van der Waals surface area contributed by atoms with Gasteiger partial charge in [-0.2, -0.15) is 9.90 Å². The number of aryl methyl sites for hydroxylation is 2. The van der Waals surface area contributed by atoms with Gasteiger partial charge in [0.25, 0.3) is 0 Å². The third kappa shape index (κ3) is 1.74. The second-order valence-corrected chi connectivity index (χ2v) is 3.42. The van der Waals surface area contributed by atoms with Gasteiger partial charge in [-0.05, 0) is 19.1 Å². The fourth-order valence-corrected chi connectivity index (χ4v) is 1.60. The van der Waals surface area contributed by atoms with Crippen LogP contribution in [0.15, 0.2) is 11.2 Å². The maximum absolute atomic E-state index is 4.38. The highest BCUT2D eigenvalue weighted by atomic mass is 32.1. The average Bonchev–Trinajstić information content (AvgIpc) is 2.83. The molecule has 80 valence electrons. The van der Waals surface area contributed by atoms with Crippen LogP contribution in [0.25, 0.3) is 11.4 Å². The molecule has 2 aromatic rings. The summed E-state index contributed by atoms with van der Waals surface area (Å²) in [6.07, 6.45) is 1.71. The van der Waals surface area contributed by atoms with E-state index in [0.717, 1.165) is 17.1 Å². The first-order valence-electron chi connectivity index (χ1n) is 4.79. The monoisotopic (exact) mass is 224 g/mol. The lowest BCUT2D eigenvalue weighted by molar-refractivity contribution is 0.552. The zero-order valence-electron chi connectivity index (χ0n) is 8.62. The van der Waals surface area contributed by atoms with Gasteiger partial charge in [-0.3, -0.25) is 4.68 Å². The van der Waals surface area contributed by atoms with Crippen molar-refractivity contribution < 1.29 is 0 Å². The fourth-order valence-electron chi connectivity index (χ4n) is 1.25. The van der Waals surface area contributed by atoms with Crippen LogP contribution < -0.4 is 0 Å². The van der Waals surface area contributed by atoms with Gasteiger partial charge < -0.3 is 0 Å². The number of tetrazole rings is 1. The second kappa shape index (κ2) is 4.01. The molecule has 0 fully saturated rings. The normalized spacial score (nSPS) is 10.9. The summed E-state index contributed by atoms with van der Waals surface area (Å²) in [6.45, 7) is 5.45. The van der Waals surface area contributed by atoms with Crippen molar-refractivity contribution >= 4 is 12.6 Å². The SMILES string of the molecule is CCn1nnc(-c2cnn(CC)c2S)n1. The Hall–Kier alpha value is -1.37. The van der Waals surface area contributed by atoms with Crippen molar-refractivity contribution in [2.24, 2.45) is 0 Å². The Morgan fingerprint density at radius 2 is 2.13 bits per heavy atom. The first-order chi connectivity index (χ1) is 7.26. The van der Waals surface area contributed by atoms with Crippen molar-refractivity contribution in [2.45, 2.75) is 32.0 Å². The Bertz CT molecular complexity index is 459. The average molecular weight is 224 g/mol. The summed E-state index contributed by atoms with van der Waals surface area (Å²) in [5, 5.41) is 17.0. The van der Waals surface area contributed by atoms with Gasteiger partial charge in [0.15, 0.2) is 0 Å². The molecule has 15 heavy (non-hydrogen) atoms. The molecule has 0 aliphatic heterocycles. The zero-order chi connectivity index (χ0) is 10.8. The van der Waals surface area contributed by atoms with E-state index in [2.05, 4.69) is 33.1 Å². The number of nitrogens with zero attached hydrogens (tertiary/aromatic N) is 6. The largest absolute Gasteiger partial charge is 0.259 e. The van der Waals surface area contributed by atoms with Crippen LogP contribution in [0.1, 0.15) is 13.8 Å². The molecule has 0 aromatic carbocycles. The smallest absolute Gasteiger partial charge is 0.209 e. The first kappa shape index (κ1) is 10.2. The first-order valence-corrected chi connectivity index (χ1v) is 5.24. The third-order valence-electron chi connectivity index (χ3n) is 2.09. The highest BCUT2D eigenvalue weighted by molar-refractivity contribution is 7.80. The molecule has 0 spiro atoms. The van der Waals surface area contributed by atoms with Gasteiger partial charge >= 0.3 is 0 Å². The number of aromatic nitrogens is 6. The molecule has 0 unspecified atom stereocenters. The topological polar surface area (TPSA) is 61.4 Å². The summed E-state index contributed by atoms with van der Waals surface area (Å²) in [4.78, 5) is 1.53. The minimum absolute atomic E-state index is 0.571. The van der Waals surface area contributed by atoms with Crippen molar-refractivity contribution in [2.75, 3.05) is 0 Å². The molecule has 0 aliphatic carbocycles. The minimum atomic E-state index is 0.571. The Morgan fingerprint density at radius 3 is 2.67 bits per heavy atom. The van der Waals surface area contributed by atoms with Gasteiger partial charge in [0.1, 0.15) is 5.03 Å². The van der Waals surface area contributed by atoms with E-state index in [9.17, 15) is 0 Å². The van der Waals surface area contributed by atoms with Gasteiger partial charge in [0.2, 0.25) is 5.82 Å². The predicted molar refractivity (Wildman–Crippen MR) is 57.6 cm³/mol. The maximum atomic E-state index is 4.38. The lowest BCUT2D eigenvalue weighted by Gasteiger charge is -1.97. The van der Waals surface area contributed by atoms with E-state index in [1.165, 1.54) is 4.80 Å². The van der Waals surface area contributed by atoms with Crippen LogP contribution in [0.5, 0.6) is 0 Å². The van der Waals surface area contributed by atoms with E-state index >= 15 is 0 Å². The van der Waals surface area contributed by atoms with Crippen LogP contribution >= 0.6 is 12.6 Å². The molecule has 0 bridgehead atoms. The molecule has 0 atom stereocenters. The van der Waals surface area contributed by atoms with Crippen LogP contribution in [0.3, 0.4) is 0 Å². The highest BCUT2D eigenvalue weighted by Crippen LogP contribution is 2.22. The minimum Gasteiger partial charge on any atom is -0.259 e. The van der Waals surface area contributed by atoms with Gasteiger partial charge in [-0.15, -0.1) is 22.8 Å². The molecule has 0 amide bonds. The number of rotatable bonds is 3. The van der Waals surface area contributed by atoms with Crippen molar-refractivity contribution in [3.05, 3.63) is 6.20 Å². The number of thiol groups is 1. The molecule has 6 nitrogen and oxygen atoms in total. The molecule has 0 saturated carbocycles. The van der Waals surface area contributed by atoms with Gasteiger partial charge in [-0.25, -0.2) is 0 Å². The summed E-state index contributed by atoms with van der Waals surface area (Å²) >= 11 is 4.38. The summed E-state index contributed by atoms with van der Waals surface area (Å²) in [6, 6.07) is 0. The highest BCUT2D eigenvalue weighted by Gasteiger charge is 2.13. The summed E-state index contributed by atoms with van der Waals surface area (Å²) < 4.78 is 1.78. The van der Waals surface area contributed by atoms with Crippen molar-refractivity contribution in [1.82, 2.24) is 30.0 Å². The zero-order valence-corrected chi connectivity index (χ0v) is 9.52. The van der Waals surface area contributed by atoms with Gasteiger partial charge in [-0.1, -0.05) is 0 Å². The van der Waals surface area contributed by atoms with E-state index in [-0.39, 0.29) is 0 Å². The molecule has 0 aliphatic rings. The van der Waals surface area contributed by atoms with Crippen LogP contribution in [0.2, 0.25) is 0 Å². The van der Waals surface area contributed by atoms with Crippen molar-refractivity contribution in [3.63, 3.8) is 0 Å². The summed E-state index contributed by atoms with van der Waals surface area (Å²) in [5.74, 6) is 0.571. The van der Waals surface area contributed by atoms with Crippen LogP contribution in [0.4, 0.5) is 0 Å². The Kier molecular flexibility index (Phi) is 2.72. The van der Waals surface area contributed by atoms with Crippen molar-refractivity contribution in [3.8, 4) is 11.4 Å². The standard InChI is InChI=1S/C8H12N6S/c1-3-13-8(15)6(5-9-13)7-10-12-14(4-2)11-7/h5,15H,3-4H2,1-2H3. The molecule has 0 N–H and O–H groups in total. The molecule has 2 rings (SSSR count). The van der Waals surface area contributed by atoms with E-state index < -0.39 is 0 Å². The van der Waals surface area contributed by atoms with E-state index in [1.54, 1.807) is 10.9 Å². The van der Waals surface area contributed by atoms with E-state index in [0.29, 0.717) is 12.4 Å². The second-order valence-electron chi connectivity index (χ2n) is 3.00. The lowest BCUT2D eigenvalue weighted by atomic mass is 10.3.